The lowest BCUT2D eigenvalue weighted by Crippen LogP contribution is -2.42. The van der Waals surface area contributed by atoms with Crippen LogP contribution in [-0.2, 0) is 4.79 Å². The van der Waals surface area contributed by atoms with Gasteiger partial charge in [-0.15, -0.1) is 0 Å². The van der Waals surface area contributed by atoms with Crippen LogP contribution in [-0.4, -0.2) is 34.6 Å². The van der Waals surface area contributed by atoms with Gasteiger partial charge in [0, 0.05) is 12.1 Å². The summed E-state index contributed by atoms with van der Waals surface area (Å²) >= 11 is 0. The third-order valence-electron chi connectivity index (χ3n) is 2.36. The molecular weight excluding hydrogens is 178 g/mol. The Labute approximate surface area is 87.1 Å². The SMILES string of the molecule is CC(C)CC(C)N(CC(=O)O)C(C)C. The van der Waals surface area contributed by atoms with Gasteiger partial charge in [-0.2, -0.15) is 0 Å². The van der Waals surface area contributed by atoms with Crippen molar-refractivity contribution in [2.75, 3.05) is 6.54 Å². The van der Waals surface area contributed by atoms with Crippen LogP contribution in [0.4, 0.5) is 0 Å². The van der Waals surface area contributed by atoms with E-state index in [-0.39, 0.29) is 6.54 Å². The van der Waals surface area contributed by atoms with Gasteiger partial charge >= 0.3 is 5.97 Å². The highest BCUT2D eigenvalue weighted by molar-refractivity contribution is 5.69. The minimum atomic E-state index is -0.741. The van der Waals surface area contributed by atoms with Crippen LogP contribution in [0.5, 0.6) is 0 Å². The molecule has 0 aliphatic rings. The zero-order valence-corrected chi connectivity index (χ0v) is 9.95. The highest BCUT2D eigenvalue weighted by Gasteiger charge is 2.20. The minimum absolute atomic E-state index is 0.144. The maximum atomic E-state index is 10.7. The standard InChI is InChI=1S/C11H23NO2/c1-8(2)6-10(5)12(9(3)4)7-11(13)14/h8-10H,6-7H2,1-5H3,(H,13,14). The van der Waals surface area contributed by atoms with E-state index in [2.05, 4.69) is 20.8 Å². The monoisotopic (exact) mass is 201 g/mol. The number of hydrogen-bond acceptors (Lipinski definition) is 2. The van der Waals surface area contributed by atoms with Gasteiger partial charge in [0.2, 0.25) is 0 Å². The number of carboxylic acids is 1. The van der Waals surface area contributed by atoms with Crippen LogP contribution in [0, 0.1) is 5.92 Å². The molecule has 0 rings (SSSR count). The summed E-state index contributed by atoms with van der Waals surface area (Å²) in [6, 6.07) is 0.631. The van der Waals surface area contributed by atoms with Crippen molar-refractivity contribution in [3.05, 3.63) is 0 Å². The van der Waals surface area contributed by atoms with Crippen molar-refractivity contribution in [2.45, 2.75) is 53.1 Å². The van der Waals surface area contributed by atoms with Gasteiger partial charge in [-0.3, -0.25) is 9.69 Å². The maximum absolute atomic E-state index is 10.7. The number of hydrogen-bond donors (Lipinski definition) is 1. The van der Waals surface area contributed by atoms with Gasteiger partial charge in [-0.05, 0) is 33.1 Å². The molecule has 1 N–H and O–H groups in total. The molecular formula is C11H23NO2. The number of aliphatic carboxylic acids is 1. The minimum Gasteiger partial charge on any atom is -0.480 e. The molecule has 3 nitrogen and oxygen atoms in total. The molecule has 84 valence electrons. The third-order valence-corrected chi connectivity index (χ3v) is 2.36. The highest BCUT2D eigenvalue weighted by Crippen LogP contribution is 2.13. The molecule has 0 radical (unpaired) electrons. The molecule has 0 aliphatic heterocycles. The maximum Gasteiger partial charge on any atom is 0.317 e. The van der Waals surface area contributed by atoms with Gasteiger partial charge in [0.1, 0.15) is 0 Å². The van der Waals surface area contributed by atoms with Crippen molar-refractivity contribution in [3.63, 3.8) is 0 Å². The molecule has 0 saturated carbocycles. The van der Waals surface area contributed by atoms with Crippen molar-refractivity contribution in [3.8, 4) is 0 Å². The Balaban J connectivity index is 4.25. The number of carbonyl (C=O) groups is 1. The Morgan fingerprint density at radius 3 is 2.00 bits per heavy atom. The van der Waals surface area contributed by atoms with Gasteiger partial charge in [-0.1, -0.05) is 13.8 Å². The topological polar surface area (TPSA) is 40.5 Å². The fraction of sp³-hybridized carbons (Fsp3) is 0.909. The van der Waals surface area contributed by atoms with E-state index in [1.54, 1.807) is 0 Å². The number of nitrogens with zero attached hydrogens (tertiary/aromatic N) is 1. The van der Waals surface area contributed by atoms with E-state index < -0.39 is 5.97 Å². The first-order valence-corrected chi connectivity index (χ1v) is 5.32. The van der Waals surface area contributed by atoms with Crippen molar-refractivity contribution >= 4 is 5.97 Å². The van der Waals surface area contributed by atoms with Crippen LogP contribution < -0.4 is 0 Å². The molecule has 0 heterocycles. The second-order valence-corrected chi connectivity index (χ2v) is 4.64. The molecule has 0 aromatic rings. The average molecular weight is 201 g/mol. The largest absolute Gasteiger partial charge is 0.480 e. The van der Waals surface area contributed by atoms with Crippen LogP contribution in [0.15, 0.2) is 0 Å². The molecule has 1 atom stereocenters. The summed E-state index contributed by atoms with van der Waals surface area (Å²) in [5, 5.41) is 8.77. The first-order valence-electron chi connectivity index (χ1n) is 5.32. The third kappa shape index (κ3) is 5.22. The molecule has 0 aromatic carbocycles. The number of rotatable bonds is 6. The summed E-state index contributed by atoms with van der Waals surface area (Å²) in [5.41, 5.74) is 0. The molecule has 0 amide bonds. The zero-order chi connectivity index (χ0) is 11.3. The summed E-state index contributed by atoms with van der Waals surface area (Å²) in [6.45, 7) is 10.7. The molecule has 0 bridgehead atoms. The summed E-state index contributed by atoms with van der Waals surface area (Å²) in [4.78, 5) is 12.7. The van der Waals surface area contributed by atoms with Crippen LogP contribution in [0.1, 0.15) is 41.0 Å². The molecule has 0 aromatic heterocycles. The van der Waals surface area contributed by atoms with E-state index >= 15 is 0 Å². The second-order valence-electron chi connectivity index (χ2n) is 4.64. The molecule has 0 fully saturated rings. The molecule has 3 heteroatoms. The van der Waals surface area contributed by atoms with E-state index in [4.69, 9.17) is 5.11 Å². The second kappa shape index (κ2) is 6.02. The first-order chi connectivity index (χ1) is 6.34. The number of carboxylic acid groups (broad SMARTS) is 1. The van der Waals surface area contributed by atoms with Crippen molar-refractivity contribution in [1.82, 2.24) is 4.90 Å². The zero-order valence-electron chi connectivity index (χ0n) is 9.95. The predicted molar refractivity (Wildman–Crippen MR) is 58.4 cm³/mol. The smallest absolute Gasteiger partial charge is 0.317 e. The Morgan fingerprint density at radius 2 is 1.71 bits per heavy atom. The van der Waals surface area contributed by atoms with Crippen molar-refractivity contribution in [2.24, 2.45) is 5.92 Å². The fourth-order valence-electron chi connectivity index (χ4n) is 1.82. The fourth-order valence-corrected chi connectivity index (χ4v) is 1.82. The average Bonchev–Trinajstić information content (AvgIpc) is 1.97. The molecule has 0 saturated heterocycles. The molecule has 14 heavy (non-hydrogen) atoms. The van der Waals surface area contributed by atoms with Crippen LogP contribution in [0.25, 0.3) is 0 Å². The van der Waals surface area contributed by atoms with Crippen LogP contribution in [0.2, 0.25) is 0 Å². The quantitative estimate of drug-likeness (QED) is 0.716. The summed E-state index contributed by atoms with van der Waals surface area (Å²) in [7, 11) is 0. The lowest BCUT2D eigenvalue weighted by molar-refractivity contribution is -0.139. The van der Waals surface area contributed by atoms with E-state index in [9.17, 15) is 4.79 Å². The Morgan fingerprint density at radius 1 is 1.21 bits per heavy atom. The van der Waals surface area contributed by atoms with Gasteiger partial charge in [-0.25, -0.2) is 0 Å². The van der Waals surface area contributed by atoms with Crippen molar-refractivity contribution < 1.29 is 9.90 Å². The van der Waals surface area contributed by atoms with Gasteiger partial charge in [0.15, 0.2) is 0 Å². The lowest BCUT2D eigenvalue weighted by Gasteiger charge is -2.32. The van der Waals surface area contributed by atoms with Crippen LogP contribution >= 0.6 is 0 Å². The van der Waals surface area contributed by atoms with Crippen molar-refractivity contribution in [1.29, 1.82) is 0 Å². The Hall–Kier alpha value is -0.570. The molecule has 1 unspecified atom stereocenters. The first kappa shape index (κ1) is 13.4. The van der Waals surface area contributed by atoms with Crippen LogP contribution in [0.3, 0.4) is 0 Å². The van der Waals surface area contributed by atoms with Gasteiger partial charge in [0.25, 0.3) is 0 Å². The van der Waals surface area contributed by atoms with Gasteiger partial charge in [0.05, 0.1) is 6.54 Å². The Bertz CT molecular complexity index is 178. The van der Waals surface area contributed by atoms with Gasteiger partial charge < -0.3 is 5.11 Å². The van der Waals surface area contributed by atoms with E-state index in [1.165, 1.54) is 0 Å². The summed E-state index contributed by atoms with van der Waals surface area (Å²) in [5.74, 6) is -0.130. The molecule has 0 aliphatic carbocycles. The summed E-state index contributed by atoms with van der Waals surface area (Å²) in [6.07, 6.45) is 1.05. The van der Waals surface area contributed by atoms with E-state index in [0.29, 0.717) is 18.0 Å². The molecule has 0 spiro atoms. The summed E-state index contributed by atoms with van der Waals surface area (Å²) < 4.78 is 0. The van der Waals surface area contributed by atoms with E-state index in [0.717, 1.165) is 6.42 Å². The Kier molecular flexibility index (Phi) is 5.77. The lowest BCUT2D eigenvalue weighted by atomic mass is 10.0. The predicted octanol–water partition coefficient (Wildman–Crippen LogP) is 2.22. The highest BCUT2D eigenvalue weighted by atomic mass is 16.4. The van der Waals surface area contributed by atoms with E-state index in [1.807, 2.05) is 18.7 Å². The normalized spacial score (nSPS) is 14.0.